The van der Waals surface area contributed by atoms with Crippen molar-refractivity contribution in [1.29, 1.82) is 0 Å². The third-order valence-electron chi connectivity index (χ3n) is 6.45. The molecule has 0 aliphatic heterocycles. The van der Waals surface area contributed by atoms with E-state index < -0.39 is 17.2 Å². The van der Waals surface area contributed by atoms with Gasteiger partial charge in [-0.1, -0.05) is 30.3 Å². The molecule has 0 atom stereocenters. The van der Waals surface area contributed by atoms with Crippen molar-refractivity contribution in [3.63, 3.8) is 0 Å². The van der Waals surface area contributed by atoms with E-state index in [1.54, 1.807) is 30.3 Å². The monoisotopic (exact) mass is 510 g/mol. The van der Waals surface area contributed by atoms with Crippen LogP contribution < -0.4 is 11.3 Å². The number of fused-ring (bicyclic) bond motifs is 2. The fraction of sp³-hybridized carbons (Fsp3) is 0.0714. The van der Waals surface area contributed by atoms with Crippen LogP contribution in [0, 0.1) is 18.6 Å². The summed E-state index contributed by atoms with van der Waals surface area (Å²) < 4.78 is 31.9. The summed E-state index contributed by atoms with van der Waals surface area (Å²) in [6, 6.07) is 17.1. The molecule has 0 fully saturated rings. The van der Waals surface area contributed by atoms with Crippen molar-refractivity contribution in [2.75, 3.05) is 5.73 Å². The molecule has 0 saturated carbocycles. The van der Waals surface area contributed by atoms with E-state index in [1.807, 2.05) is 19.1 Å². The van der Waals surface area contributed by atoms with Gasteiger partial charge in [0.1, 0.15) is 35.2 Å². The molecule has 0 spiro atoms. The van der Waals surface area contributed by atoms with Crippen LogP contribution in [0.15, 0.2) is 77.9 Å². The Labute approximate surface area is 214 Å². The molecule has 188 valence electrons. The van der Waals surface area contributed by atoms with Crippen molar-refractivity contribution in [2.45, 2.75) is 13.5 Å². The number of nitrogens with two attached hydrogens (primary N) is 1. The van der Waals surface area contributed by atoms with Crippen molar-refractivity contribution in [3.8, 4) is 22.7 Å². The molecule has 0 amide bonds. The number of benzene rings is 3. The Kier molecular flexibility index (Phi) is 5.37. The van der Waals surface area contributed by atoms with Gasteiger partial charge in [-0.2, -0.15) is 5.10 Å². The maximum absolute atomic E-state index is 14.8. The van der Waals surface area contributed by atoms with Crippen molar-refractivity contribution >= 4 is 27.6 Å². The molecule has 6 aromatic rings. The molecule has 3 heterocycles. The molecule has 8 nitrogen and oxygen atoms in total. The quantitative estimate of drug-likeness (QED) is 0.355. The molecule has 0 radical (unpaired) electrons. The summed E-state index contributed by atoms with van der Waals surface area (Å²) in [6.45, 7) is 1.91. The third-order valence-corrected chi connectivity index (χ3v) is 6.45. The van der Waals surface area contributed by atoms with Crippen LogP contribution in [-0.4, -0.2) is 29.4 Å². The number of hydrogen-bond acceptors (Lipinski definition) is 6. The van der Waals surface area contributed by atoms with E-state index in [0.717, 1.165) is 11.6 Å². The van der Waals surface area contributed by atoms with E-state index in [0.29, 0.717) is 27.8 Å². The van der Waals surface area contributed by atoms with E-state index in [9.17, 15) is 18.7 Å². The predicted octanol–water partition coefficient (Wildman–Crippen LogP) is 4.72. The number of para-hydroxylation sites is 1. The number of nitrogens with zero attached hydrogens (tertiary/aromatic N) is 5. The first-order chi connectivity index (χ1) is 18.3. The number of anilines is 1. The molecular formula is C28H20F2N6O2. The Morgan fingerprint density at radius 3 is 2.58 bits per heavy atom. The summed E-state index contributed by atoms with van der Waals surface area (Å²) in [7, 11) is 0. The fourth-order valence-electron chi connectivity index (χ4n) is 4.77. The van der Waals surface area contributed by atoms with Crippen LogP contribution in [0.2, 0.25) is 0 Å². The number of pyridine rings is 1. The first kappa shape index (κ1) is 23.3. The smallest absolute Gasteiger partial charge is 0.266 e. The zero-order chi connectivity index (χ0) is 26.6. The molecule has 0 unspecified atom stereocenters. The van der Waals surface area contributed by atoms with Gasteiger partial charge in [-0.05, 0) is 48.2 Å². The number of nitrogen functional groups attached to an aromatic ring is 1. The third kappa shape index (κ3) is 3.74. The molecule has 0 aliphatic carbocycles. The van der Waals surface area contributed by atoms with E-state index >= 15 is 0 Å². The van der Waals surface area contributed by atoms with Gasteiger partial charge in [-0.3, -0.25) is 9.36 Å². The number of phenolic OH excluding ortho intramolecular Hbond substituents is 1. The lowest BCUT2D eigenvalue weighted by molar-refractivity contribution is 0.469. The molecule has 0 saturated heterocycles. The van der Waals surface area contributed by atoms with Crippen LogP contribution in [0.25, 0.3) is 38.8 Å². The zero-order valence-electron chi connectivity index (χ0n) is 20.1. The van der Waals surface area contributed by atoms with E-state index in [-0.39, 0.29) is 34.8 Å². The van der Waals surface area contributed by atoms with Gasteiger partial charge in [0.15, 0.2) is 5.65 Å². The minimum absolute atomic E-state index is 0.0210. The van der Waals surface area contributed by atoms with Gasteiger partial charge in [0, 0.05) is 17.3 Å². The van der Waals surface area contributed by atoms with Crippen LogP contribution in [0.1, 0.15) is 11.3 Å². The lowest BCUT2D eigenvalue weighted by Crippen LogP contribution is -2.25. The SMILES string of the molecule is Cc1ccccc1-n1c(Cn2nc(-c3cc(O)cc(F)c3)c3c(N)ncnc32)cc2cccc(F)c2c1=O. The highest BCUT2D eigenvalue weighted by Crippen LogP contribution is 2.33. The highest BCUT2D eigenvalue weighted by atomic mass is 19.1. The number of aromatic nitrogens is 5. The largest absolute Gasteiger partial charge is 0.508 e. The van der Waals surface area contributed by atoms with Gasteiger partial charge in [-0.25, -0.2) is 23.4 Å². The molecule has 0 aliphatic rings. The number of hydrogen-bond donors (Lipinski definition) is 2. The lowest BCUT2D eigenvalue weighted by Gasteiger charge is -2.17. The van der Waals surface area contributed by atoms with Gasteiger partial charge in [0.05, 0.1) is 23.0 Å². The van der Waals surface area contributed by atoms with Gasteiger partial charge < -0.3 is 10.8 Å². The minimum Gasteiger partial charge on any atom is -0.508 e. The number of phenols is 1. The van der Waals surface area contributed by atoms with Gasteiger partial charge >= 0.3 is 0 Å². The van der Waals surface area contributed by atoms with Gasteiger partial charge in [0.2, 0.25) is 0 Å². The lowest BCUT2D eigenvalue weighted by atomic mass is 10.1. The molecule has 3 aromatic heterocycles. The van der Waals surface area contributed by atoms with Crippen LogP contribution in [0.5, 0.6) is 5.75 Å². The van der Waals surface area contributed by atoms with Gasteiger partial charge in [0.25, 0.3) is 5.56 Å². The molecule has 38 heavy (non-hydrogen) atoms. The van der Waals surface area contributed by atoms with Crippen LogP contribution in [0.4, 0.5) is 14.6 Å². The Balaban J connectivity index is 1.63. The fourth-order valence-corrected chi connectivity index (χ4v) is 4.77. The Hall–Kier alpha value is -5.12. The summed E-state index contributed by atoms with van der Waals surface area (Å²) in [4.78, 5) is 22.1. The maximum Gasteiger partial charge on any atom is 0.266 e. The first-order valence-electron chi connectivity index (χ1n) is 11.7. The second kappa shape index (κ2) is 8.77. The Morgan fingerprint density at radius 2 is 1.79 bits per heavy atom. The van der Waals surface area contributed by atoms with Crippen LogP contribution >= 0.6 is 0 Å². The highest BCUT2D eigenvalue weighted by molar-refractivity contribution is 5.98. The molecule has 3 N–H and O–H groups in total. The van der Waals surface area contributed by atoms with Crippen LogP contribution in [0.3, 0.4) is 0 Å². The molecule has 6 rings (SSSR count). The van der Waals surface area contributed by atoms with E-state index in [1.165, 1.54) is 33.8 Å². The first-order valence-corrected chi connectivity index (χ1v) is 11.7. The Bertz CT molecular complexity index is 1930. The van der Waals surface area contributed by atoms with Crippen molar-refractivity contribution in [1.82, 2.24) is 24.3 Å². The zero-order valence-corrected chi connectivity index (χ0v) is 20.1. The molecular weight excluding hydrogens is 490 g/mol. The summed E-state index contributed by atoms with van der Waals surface area (Å²) >= 11 is 0. The van der Waals surface area contributed by atoms with Crippen LogP contribution in [-0.2, 0) is 6.54 Å². The van der Waals surface area contributed by atoms with Gasteiger partial charge in [-0.15, -0.1) is 0 Å². The molecule has 10 heteroatoms. The maximum atomic E-state index is 14.8. The minimum atomic E-state index is -0.650. The average molecular weight is 511 g/mol. The topological polar surface area (TPSA) is 112 Å². The van der Waals surface area contributed by atoms with Crippen molar-refractivity contribution < 1.29 is 13.9 Å². The standard InChI is InChI=1S/C28H20F2N6O2/c1-15-5-2-3-8-22(15)36-19(10-16-6-4-7-21(30)23(16)28(36)38)13-35-27-24(26(31)32-14-33-27)25(34-35)17-9-18(29)12-20(37)11-17/h2-12,14,37H,13H2,1H3,(H2,31,32,33). The number of aryl methyl sites for hydroxylation is 1. The normalized spacial score (nSPS) is 11.4. The summed E-state index contributed by atoms with van der Waals surface area (Å²) in [5.41, 5.74) is 8.49. The highest BCUT2D eigenvalue weighted by Gasteiger charge is 2.21. The summed E-state index contributed by atoms with van der Waals surface area (Å²) in [6.07, 6.45) is 1.28. The number of rotatable bonds is 4. The average Bonchev–Trinajstić information content (AvgIpc) is 3.24. The number of aromatic hydroxyl groups is 1. The predicted molar refractivity (Wildman–Crippen MR) is 140 cm³/mol. The summed E-state index contributed by atoms with van der Waals surface area (Å²) in [5, 5.41) is 15.4. The van der Waals surface area contributed by atoms with Crippen molar-refractivity contribution in [2.24, 2.45) is 0 Å². The molecule has 0 bridgehead atoms. The second-order valence-corrected chi connectivity index (χ2v) is 8.93. The Morgan fingerprint density at radius 1 is 0.974 bits per heavy atom. The van der Waals surface area contributed by atoms with E-state index in [4.69, 9.17) is 5.73 Å². The number of halogens is 2. The molecule has 3 aromatic carbocycles. The van der Waals surface area contributed by atoms with Crippen molar-refractivity contribution in [3.05, 3.63) is 106 Å². The summed E-state index contributed by atoms with van der Waals surface area (Å²) in [5.74, 6) is -1.41. The second-order valence-electron chi connectivity index (χ2n) is 8.93. The van der Waals surface area contributed by atoms with E-state index in [2.05, 4.69) is 15.1 Å².